The molecule has 10 nitrogen and oxygen atoms in total. The number of fused-ring (bicyclic) bond motifs is 1. The molecule has 1 aromatic rings. The zero-order valence-electron chi connectivity index (χ0n) is 19.0. The molecule has 2 atom stereocenters. The Labute approximate surface area is 191 Å². The van der Waals surface area contributed by atoms with Gasteiger partial charge < -0.3 is 15.4 Å². The predicted molar refractivity (Wildman–Crippen MR) is 118 cm³/mol. The Morgan fingerprint density at radius 3 is 2.61 bits per heavy atom. The second-order valence-corrected chi connectivity index (χ2v) is 9.36. The molecule has 5 amide bonds. The van der Waals surface area contributed by atoms with E-state index in [0.29, 0.717) is 17.8 Å². The lowest BCUT2D eigenvalue weighted by atomic mass is 9.73. The molecule has 176 valence electrons. The quantitative estimate of drug-likeness (QED) is 0.526. The van der Waals surface area contributed by atoms with Crippen LogP contribution in [0.25, 0.3) is 0 Å². The maximum absolute atomic E-state index is 13.0. The lowest BCUT2D eigenvalue weighted by molar-refractivity contribution is -0.151. The van der Waals surface area contributed by atoms with Gasteiger partial charge in [0.2, 0.25) is 5.91 Å². The number of carbonyl (C=O) groups is 5. The largest absolute Gasteiger partial charge is 0.454 e. The van der Waals surface area contributed by atoms with Crippen molar-refractivity contribution in [3.8, 4) is 0 Å². The topological polar surface area (TPSA) is 125 Å². The van der Waals surface area contributed by atoms with Gasteiger partial charge in [0.25, 0.3) is 11.8 Å². The Bertz CT molecular complexity index is 1040. The molecule has 10 heteroatoms. The summed E-state index contributed by atoms with van der Waals surface area (Å²) < 4.78 is 5.13. The number of imide groups is 1. The summed E-state index contributed by atoms with van der Waals surface area (Å²) in [5, 5.41) is 5.54. The Morgan fingerprint density at radius 2 is 1.88 bits per heavy atom. The molecule has 1 spiro atoms. The second kappa shape index (κ2) is 8.17. The van der Waals surface area contributed by atoms with Crippen molar-refractivity contribution < 1.29 is 28.7 Å². The van der Waals surface area contributed by atoms with Crippen LogP contribution in [0.2, 0.25) is 0 Å². The highest BCUT2D eigenvalue weighted by Crippen LogP contribution is 2.38. The van der Waals surface area contributed by atoms with Crippen LogP contribution < -0.4 is 15.5 Å². The number of hydrogen-bond donors (Lipinski definition) is 2. The number of nitrogens with one attached hydrogen (secondary N) is 2. The summed E-state index contributed by atoms with van der Waals surface area (Å²) in [4.78, 5) is 65.6. The molecule has 33 heavy (non-hydrogen) atoms. The fraction of sp³-hybridized carbons (Fsp3) is 0.522. The molecule has 1 saturated heterocycles. The highest BCUT2D eigenvalue weighted by atomic mass is 16.5. The summed E-state index contributed by atoms with van der Waals surface area (Å²) in [6.45, 7) is 3.90. The van der Waals surface area contributed by atoms with E-state index in [2.05, 4.69) is 10.6 Å². The van der Waals surface area contributed by atoms with Gasteiger partial charge in [-0.3, -0.25) is 29.0 Å². The van der Waals surface area contributed by atoms with Crippen LogP contribution in [0.4, 0.5) is 16.2 Å². The number of hydrogen-bond acceptors (Lipinski definition) is 6. The Hall–Kier alpha value is -3.43. The maximum Gasteiger partial charge on any atom is 0.326 e. The number of esters is 1. The van der Waals surface area contributed by atoms with E-state index in [9.17, 15) is 24.0 Å². The summed E-state index contributed by atoms with van der Waals surface area (Å²) >= 11 is 0. The number of para-hydroxylation sites is 2. The highest BCUT2D eigenvalue weighted by Gasteiger charge is 2.55. The zero-order chi connectivity index (χ0) is 24.0. The van der Waals surface area contributed by atoms with E-state index >= 15 is 0 Å². The van der Waals surface area contributed by atoms with Crippen molar-refractivity contribution in [2.75, 3.05) is 23.4 Å². The number of rotatable bonds is 4. The van der Waals surface area contributed by atoms with Crippen molar-refractivity contribution >= 4 is 41.1 Å². The van der Waals surface area contributed by atoms with Crippen LogP contribution in [0.3, 0.4) is 0 Å². The standard InChI is InChI=1S/C23H28N4O6/c1-14-8-6-7-11-23(14)20(31)26(21(32)25-23)12-18(29)33-13-17(28)27-16-10-5-4-9-15(16)24-19(30)22(27,2)3/h4-5,9-10,14H,6-8,11-13H2,1-3H3,(H,24,30)(H,25,32)/t14-,23-/m0/s1. The number of urea groups is 1. The Morgan fingerprint density at radius 1 is 1.15 bits per heavy atom. The van der Waals surface area contributed by atoms with Crippen LogP contribution in [-0.2, 0) is 23.9 Å². The second-order valence-electron chi connectivity index (χ2n) is 9.36. The minimum absolute atomic E-state index is 0.0298. The van der Waals surface area contributed by atoms with Crippen LogP contribution in [-0.4, -0.2) is 58.9 Å². The molecule has 0 radical (unpaired) electrons. The van der Waals surface area contributed by atoms with E-state index in [0.717, 1.165) is 24.2 Å². The molecule has 2 aliphatic heterocycles. The van der Waals surface area contributed by atoms with Crippen LogP contribution >= 0.6 is 0 Å². The van der Waals surface area contributed by atoms with Gasteiger partial charge in [0.05, 0.1) is 11.4 Å². The van der Waals surface area contributed by atoms with Crippen molar-refractivity contribution in [1.29, 1.82) is 0 Å². The van der Waals surface area contributed by atoms with Gasteiger partial charge in [0.15, 0.2) is 6.61 Å². The third-order valence-electron chi connectivity index (χ3n) is 6.90. The minimum Gasteiger partial charge on any atom is -0.454 e. The molecule has 3 aliphatic rings. The first-order valence-electron chi connectivity index (χ1n) is 11.1. The lowest BCUT2D eigenvalue weighted by Crippen LogP contribution is -2.59. The van der Waals surface area contributed by atoms with Crippen LogP contribution in [0.1, 0.15) is 46.5 Å². The zero-order valence-corrected chi connectivity index (χ0v) is 19.0. The van der Waals surface area contributed by atoms with Crippen molar-refractivity contribution in [1.82, 2.24) is 10.2 Å². The lowest BCUT2D eigenvalue weighted by Gasteiger charge is -2.41. The predicted octanol–water partition coefficient (Wildman–Crippen LogP) is 1.79. The molecule has 2 heterocycles. The number of anilines is 2. The van der Waals surface area contributed by atoms with Gasteiger partial charge >= 0.3 is 12.0 Å². The van der Waals surface area contributed by atoms with Gasteiger partial charge in [-0.1, -0.05) is 31.9 Å². The summed E-state index contributed by atoms with van der Waals surface area (Å²) in [5.74, 6) is -2.29. The van der Waals surface area contributed by atoms with Crippen LogP contribution in [0.15, 0.2) is 24.3 Å². The Balaban J connectivity index is 1.42. The molecular formula is C23H28N4O6. The molecule has 4 rings (SSSR count). The molecule has 1 aliphatic carbocycles. The van der Waals surface area contributed by atoms with Gasteiger partial charge in [-0.05, 0) is 44.7 Å². The van der Waals surface area contributed by atoms with Crippen molar-refractivity contribution in [3.63, 3.8) is 0 Å². The molecule has 2 fully saturated rings. The van der Waals surface area contributed by atoms with E-state index in [-0.39, 0.29) is 11.8 Å². The minimum atomic E-state index is -1.20. The van der Waals surface area contributed by atoms with Gasteiger partial charge in [0.1, 0.15) is 17.6 Å². The number of amides is 5. The van der Waals surface area contributed by atoms with E-state index in [4.69, 9.17) is 4.74 Å². The first-order chi connectivity index (χ1) is 15.6. The van der Waals surface area contributed by atoms with Crippen molar-refractivity contribution in [3.05, 3.63) is 24.3 Å². The monoisotopic (exact) mass is 456 g/mol. The average Bonchev–Trinajstić information content (AvgIpc) is 3.00. The molecule has 0 unspecified atom stereocenters. The molecule has 0 aromatic heterocycles. The van der Waals surface area contributed by atoms with Crippen LogP contribution in [0.5, 0.6) is 0 Å². The summed E-state index contributed by atoms with van der Waals surface area (Å²) in [6, 6.07) is 6.21. The van der Waals surface area contributed by atoms with E-state index in [1.54, 1.807) is 38.1 Å². The number of ether oxygens (including phenoxy) is 1. The third-order valence-corrected chi connectivity index (χ3v) is 6.90. The smallest absolute Gasteiger partial charge is 0.326 e. The fourth-order valence-corrected chi connectivity index (χ4v) is 4.92. The fourth-order valence-electron chi connectivity index (χ4n) is 4.92. The molecular weight excluding hydrogens is 428 g/mol. The van der Waals surface area contributed by atoms with E-state index in [1.807, 2.05) is 6.92 Å². The molecule has 1 aromatic carbocycles. The van der Waals surface area contributed by atoms with E-state index in [1.165, 1.54) is 4.90 Å². The van der Waals surface area contributed by atoms with Crippen molar-refractivity contribution in [2.45, 2.75) is 57.5 Å². The average molecular weight is 456 g/mol. The first-order valence-corrected chi connectivity index (χ1v) is 11.1. The van der Waals surface area contributed by atoms with Gasteiger partial charge in [-0.15, -0.1) is 0 Å². The SMILES string of the molecule is C[C@H]1CCCC[C@]12NC(=O)N(CC(=O)OCC(=O)N1c3ccccc3NC(=O)C1(C)C)C2=O. The maximum atomic E-state index is 13.0. The van der Waals surface area contributed by atoms with Crippen molar-refractivity contribution in [2.24, 2.45) is 5.92 Å². The van der Waals surface area contributed by atoms with Gasteiger partial charge in [-0.25, -0.2) is 4.79 Å². The number of benzene rings is 1. The van der Waals surface area contributed by atoms with Gasteiger partial charge in [-0.2, -0.15) is 0 Å². The summed E-state index contributed by atoms with van der Waals surface area (Å²) in [6.07, 6.45) is 3.17. The summed E-state index contributed by atoms with van der Waals surface area (Å²) in [5.41, 5.74) is -1.20. The van der Waals surface area contributed by atoms with Gasteiger partial charge in [0, 0.05) is 0 Å². The molecule has 2 N–H and O–H groups in total. The highest BCUT2D eigenvalue weighted by molar-refractivity contribution is 6.14. The molecule has 1 saturated carbocycles. The first kappa shape index (κ1) is 22.8. The summed E-state index contributed by atoms with van der Waals surface area (Å²) in [7, 11) is 0. The number of carbonyl (C=O) groups excluding carboxylic acids is 5. The van der Waals surface area contributed by atoms with Crippen LogP contribution in [0, 0.1) is 5.92 Å². The molecule has 0 bridgehead atoms. The Kier molecular flexibility index (Phi) is 5.63. The number of nitrogens with zero attached hydrogens (tertiary/aromatic N) is 2. The normalized spacial score (nSPS) is 26.0. The third kappa shape index (κ3) is 3.73. The van der Waals surface area contributed by atoms with E-state index < -0.39 is 48.0 Å².